The summed E-state index contributed by atoms with van der Waals surface area (Å²) in [5.74, 6) is 0.549. The average molecular weight is 413 g/mol. The molecule has 146 valence electrons. The minimum absolute atomic E-state index is 0.215. The van der Waals surface area contributed by atoms with E-state index in [1.165, 1.54) is 0 Å². The molecule has 5 nitrogen and oxygen atoms in total. The van der Waals surface area contributed by atoms with Crippen LogP contribution in [0.15, 0.2) is 83.7 Å². The Kier molecular flexibility index (Phi) is 4.45. The monoisotopic (exact) mass is 412 g/mol. The van der Waals surface area contributed by atoms with Gasteiger partial charge in [-0.25, -0.2) is 4.98 Å². The van der Waals surface area contributed by atoms with Crippen molar-refractivity contribution >= 4 is 22.6 Å². The first-order valence-electron chi connectivity index (χ1n) is 9.51. The number of fused-ring (bicyclic) bond motifs is 1. The summed E-state index contributed by atoms with van der Waals surface area (Å²) in [6.45, 7) is 2.02. The molecule has 0 spiro atoms. The molecule has 0 aliphatic carbocycles. The van der Waals surface area contributed by atoms with E-state index < -0.39 is 0 Å². The third-order valence-corrected chi connectivity index (χ3v) is 5.28. The van der Waals surface area contributed by atoms with Crippen LogP contribution in [0.4, 0.5) is 0 Å². The first-order chi connectivity index (χ1) is 14.6. The van der Waals surface area contributed by atoms with Gasteiger partial charge in [0.1, 0.15) is 17.0 Å². The fourth-order valence-electron chi connectivity index (χ4n) is 3.48. The first-order valence-corrected chi connectivity index (χ1v) is 9.89. The van der Waals surface area contributed by atoms with Crippen molar-refractivity contribution in [3.8, 4) is 28.3 Å². The van der Waals surface area contributed by atoms with E-state index >= 15 is 0 Å². The molecule has 30 heavy (non-hydrogen) atoms. The minimum atomic E-state index is -0.215. The van der Waals surface area contributed by atoms with Crippen molar-refractivity contribution in [1.29, 1.82) is 0 Å². The van der Waals surface area contributed by atoms with Gasteiger partial charge in [0.15, 0.2) is 5.52 Å². The summed E-state index contributed by atoms with van der Waals surface area (Å²) in [6, 6.07) is 24.8. The van der Waals surface area contributed by atoms with Crippen molar-refractivity contribution in [2.45, 2.75) is 6.92 Å². The number of halogens is 1. The van der Waals surface area contributed by atoms with Crippen LogP contribution in [-0.2, 0) is 0 Å². The molecule has 2 aromatic heterocycles. The van der Waals surface area contributed by atoms with E-state index in [0.29, 0.717) is 33.3 Å². The zero-order chi connectivity index (χ0) is 20.7. The molecule has 0 atom stereocenters. The van der Waals surface area contributed by atoms with Crippen molar-refractivity contribution < 1.29 is 0 Å². The molecule has 0 amide bonds. The fourth-order valence-corrected chi connectivity index (χ4v) is 3.61. The van der Waals surface area contributed by atoms with Crippen molar-refractivity contribution in [3.05, 3.63) is 99.8 Å². The second-order valence-electron chi connectivity index (χ2n) is 7.08. The number of hydrogen-bond donors (Lipinski definition) is 1. The highest BCUT2D eigenvalue weighted by atomic mass is 35.5. The van der Waals surface area contributed by atoms with E-state index in [1.54, 1.807) is 16.7 Å². The van der Waals surface area contributed by atoms with Gasteiger partial charge in [-0.2, -0.15) is 5.10 Å². The number of nitrogens with zero attached hydrogens (tertiary/aromatic N) is 3. The highest BCUT2D eigenvalue weighted by molar-refractivity contribution is 6.30. The second kappa shape index (κ2) is 7.28. The molecule has 0 radical (unpaired) electrons. The number of aromatic amines is 1. The van der Waals surface area contributed by atoms with Gasteiger partial charge in [0, 0.05) is 16.1 Å². The van der Waals surface area contributed by atoms with Gasteiger partial charge in [-0.05, 0) is 31.2 Å². The lowest BCUT2D eigenvalue weighted by Gasteiger charge is -2.13. The van der Waals surface area contributed by atoms with Crippen LogP contribution in [0.2, 0.25) is 5.02 Å². The van der Waals surface area contributed by atoms with Gasteiger partial charge in [-0.15, -0.1) is 0 Å². The molecule has 1 N–H and O–H groups in total. The lowest BCUT2D eigenvalue weighted by Crippen LogP contribution is -2.22. The molecule has 0 fully saturated rings. The van der Waals surface area contributed by atoms with Gasteiger partial charge in [-0.1, -0.05) is 71.8 Å². The summed E-state index contributed by atoms with van der Waals surface area (Å²) in [5.41, 5.74) is 4.90. The molecule has 0 unspecified atom stereocenters. The summed E-state index contributed by atoms with van der Waals surface area (Å²) < 4.78 is 1.59. The minimum Gasteiger partial charge on any atom is -0.270 e. The van der Waals surface area contributed by atoms with Crippen LogP contribution in [0.3, 0.4) is 0 Å². The Morgan fingerprint density at radius 1 is 0.867 bits per heavy atom. The molecule has 5 rings (SSSR count). The molecule has 0 aliphatic rings. The quantitative estimate of drug-likeness (QED) is 0.431. The standard InChI is InChI=1S/C24H17ClN4O/c1-15-7-9-17(10-8-15)23-26-21-20(16-5-3-2-4-6-16)27-28-22(21)24(30)29(23)19-13-11-18(25)12-14-19/h2-14H,1H3,(H,27,28). The predicted octanol–water partition coefficient (Wildman–Crippen LogP) is 5.40. The lowest BCUT2D eigenvalue weighted by atomic mass is 10.1. The van der Waals surface area contributed by atoms with Crippen LogP contribution >= 0.6 is 11.6 Å². The first kappa shape index (κ1) is 18.3. The van der Waals surface area contributed by atoms with E-state index in [-0.39, 0.29) is 5.56 Å². The largest absolute Gasteiger partial charge is 0.284 e. The summed E-state index contributed by atoms with van der Waals surface area (Å²) in [5, 5.41) is 7.90. The molecule has 3 aromatic carbocycles. The summed E-state index contributed by atoms with van der Waals surface area (Å²) in [4.78, 5) is 18.4. The van der Waals surface area contributed by atoms with Gasteiger partial charge < -0.3 is 0 Å². The van der Waals surface area contributed by atoms with Crippen LogP contribution < -0.4 is 5.56 Å². The Hall–Kier alpha value is -3.70. The number of H-pyrrole nitrogens is 1. The van der Waals surface area contributed by atoms with Gasteiger partial charge >= 0.3 is 0 Å². The lowest BCUT2D eigenvalue weighted by molar-refractivity contribution is 0.968. The van der Waals surface area contributed by atoms with E-state index in [1.807, 2.05) is 73.7 Å². The smallest absolute Gasteiger partial charge is 0.270 e. The maximum absolute atomic E-state index is 13.5. The van der Waals surface area contributed by atoms with E-state index in [2.05, 4.69) is 10.2 Å². The highest BCUT2D eigenvalue weighted by Crippen LogP contribution is 2.27. The third-order valence-electron chi connectivity index (χ3n) is 5.03. The molecule has 5 aromatic rings. The highest BCUT2D eigenvalue weighted by Gasteiger charge is 2.19. The number of benzene rings is 3. The summed E-state index contributed by atoms with van der Waals surface area (Å²) in [7, 11) is 0. The van der Waals surface area contributed by atoms with Crippen LogP contribution in [-0.4, -0.2) is 19.7 Å². The second-order valence-corrected chi connectivity index (χ2v) is 7.52. The van der Waals surface area contributed by atoms with Crippen LogP contribution in [0.1, 0.15) is 5.56 Å². The Balaban J connectivity index is 1.85. The van der Waals surface area contributed by atoms with Crippen molar-refractivity contribution in [2.24, 2.45) is 0 Å². The molecule has 0 aliphatic heterocycles. The zero-order valence-electron chi connectivity index (χ0n) is 16.1. The van der Waals surface area contributed by atoms with Crippen LogP contribution in [0, 0.1) is 6.92 Å². The van der Waals surface area contributed by atoms with Crippen molar-refractivity contribution in [1.82, 2.24) is 19.7 Å². The average Bonchev–Trinajstić information content (AvgIpc) is 3.20. The molecule has 0 saturated heterocycles. The Morgan fingerprint density at radius 3 is 2.27 bits per heavy atom. The summed E-state index contributed by atoms with van der Waals surface area (Å²) >= 11 is 6.06. The maximum Gasteiger partial charge on any atom is 0.284 e. The molecule has 2 heterocycles. The Labute approximate surface area is 177 Å². The van der Waals surface area contributed by atoms with Crippen LogP contribution in [0.25, 0.3) is 39.4 Å². The van der Waals surface area contributed by atoms with Crippen LogP contribution in [0.5, 0.6) is 0 Å². The topological polar surface area (TPSA) is 63.6 Å². The summed E-state index contributed by atoms with van der Waals surface area (Å²) in [6.07, 6.45) is 0. The number of nitrogens with one attached hydrogen (secondary N) is 1. The molecular formula is C24H17ClN4O. The number of hydrogen-bond acceptors (Lipinski definition) is 3. The molecule has 0 saturated carbocycles. The van der Waals surface area contributed by atoms with Crippen molar-refractivity contribution in [2.75, 3.05) is 0 Å². The van der Waals surface area contributed by atoms with Gasteiger partial charge in [-0.3, -0.25) is 14.5 Å². The van der Waals surface area contributed by atoms with Gasteiger partial charge in [0.2, 0.25) is 0 Å². The van der Waals surface area contributed by atoms with E-state index in [4.69, 9.17) is 16.6 Å². The Morgan fingerprint density at radius 2 is 1.57 bits per heavy atom. The van der Waals surface area contributed by atoms with Gasteiger partial charge in [0.25, 0.3) is 5.56 Å². The van der Waals surface area contributed by atoms with E-state index in [0.717, 1.165) is 16.7 Å². The fraction of sp³-hybridized carbons (Fsp3) is 0.0417. The van der Waals surface area contributed by atoms with Crippen molar-refractivity contribution in [3.63, 3.8) is 0 Å². The number of aromatic nitrogens is 4. The SMILES string of the molecule is Cc1ccc(-c2nc3c(-c4ccccc4)n[nH]c3c(=O)n2-c2ccc(Cl)cc2)cc1. The third kappa shape index (κ3) is 3.09. The number of aryl methyl sites for hydroxylation is 1. The molecule has 0 bridgehead atoms. The maximum atomic E-state index is 13.5. The predicted molar refractivity (Wildman–Crippen MR) is 120 cm³/mol. The number of rotatable bonds is 3. The Bertz CT molecular complexity index is 1400. The molecular weight excluding hydrogens is 396 g/mol. The normalized spacial score (nSPS) is 11.1. The van der Waals surface area contributed by atoms with Gasteiger partial charge in [0.05, 0.1) is 5.69 Å². The molecule has 6 heteroatoms. The van der Waals surface area contributed by atoms with E-state index in [9.17, 15) is 4.79 Å². The zero-order valence-corrected chi connectivity index (χ0v) is 16.9.